The third-order valence-corrected chi connectivity index (χ3v) is 6.70. The van der Waals surface area contributed by atoms with Crippen LogP contribution in [0.1, 0.15) is 38.4 Å². The van der Waals surface area contributed by atoms with Crippen LogP contribution in [0.25, 0.3) is 11.3 Å². The number of benzene rings is 1. The van der Waals surface area contributed by atoms with Gasteiger partial charge in [-0.05, 0) is 30.9 Å². The summed E-state index contributed by atoms with van der Waals surface area (Å²) < 4.78 is 1.92. The Kier molecular flexibility index (Phi) is 3.87. The predicted octanol–water partition coefficient (Wildman–Crippen LogP) is 4.62. The van der Waals surface area contributed by atoms with Crippen LogP contribution in [0.4, 0.5) is 0 Å². The van der Waals surface area contributed by atoms with Crippen molar-refractivity contribution in [1.29, 1.82) is 5.26 Å². The van der Waals surface area contributed by atoms with Crippen LogP contribution in [-0.4, -0.2) is 15.6 Å². The average molecular weight is 380 g/mol. The molecule has 2 aliphatic carbocycles. The summed E-state index contributed by atoms with van der Waals surface area (Å²) in [5.41, 5.74) is 3.60. The van der Waals surface area contributed by atoms with Crippen molar-refractivity contribution in [3.05, 3.63) is 52.2 Å². The summed E-state index contributed by atoms with van der Waals surface area (Å²) in [6.07, 6.45) is 3.62. The molecule has 0 aliphatic heterocycles. The predicted molar refractivity (Wildman–Crippen MR) is 105 cm³/mol. The van der Waals surface area contributed by atoms with Crippen molar-refractivity contribution in [2.24, 2.45) is 18.4 Å². The molecule has 2 aliphatic rings. The van der Waals surface area contributed by atoms with E-state index in [1.807, 2.05) is 55.9 Å². The molecule has 138 valence electrons. The second-order valence-corrected chi connectivity index (χ2v) is 8.84. The summed E-state index contributed by atoms with van der Waals surface area (Å²) in [7, 11) is 1.95. The number of carbonyl (C=O) groups excluding carboxylic acids is 1. The lowest BCUT2D eigenvalue weighted by atomic mass is 9.52. The maximum absolute atomic E-state index is 12.8. The molecular weight excluding hydrogens is 358 g/mol. The number of fused-ring (bicyclic) bond motifs is 3. The average Bonchev–Trinajstić information content (AvgIpc) is 2.96. The second-order valence-electron chi connectivity index (χ2n) is 8.40. The van der Waals surface area contributed by atoms with Crippen molar-refractivity contribution in [3.8, 4) is 17.3 Å². The molecule has 1 aromatic heterocycles. The van der Waals surface area contributed by atoms with Crippen LogP contribution in [0.2, 0.25) is 5.02 Å². The highest BCUT2D eigenvalue weighted by atomic mass is 35.5. The monoisotopic (exact) mass is 379 g/mol. The van der Waals surface area contributed by atoms with E-state index in [4.69, 9.17) is 16.7 Å². The Morgan fingerprint density at radius 3 is 2.56 bits per heavy atom. The maximum Gasteiger partial charge on any atom is 0.178 e. The third kappa shape index (κ3) is 2.41. The quantitative estimate of drug-likeness (QED) is 0.726. The van der Waals surface area contributed by atoms with Gasteiger partial charge in [0.2, 0.25) is 0 Å². The van der Waals surface area contributed by atoms with Crippen molar-refractivity contribution in [2.45, 2.75) is 39.0 Å². The highest BCUT2D eigenvalue weighted by molar-refractivity contribution is 6.30. The number of hydrogen-bond acceptors (Lipinski definition) is 3. The van der Waals surface area contributed by atoms with Gasteiger partial charge in [-0.1, -0.05) is 50.6 Å². The number of halogens is 1. The van der Waals surface area contributed by atoms with Gasteiger partial charge in [0, 0.05) is 34.0 Å². The molecule has 1 aromatic carbocycles. The number of aromatic nitrogens is 2. The number of aryl methyl sites for hydroxylation is 1. The minimum absolute atomic E-state index is 0.0511. The minimum atomic E-state index is -0.579. The number of nitriles is 1. The fourth-order valence-electron chi connectivity index (χ4n) is 5.19. The molecule has 0 saturated heterocycles. The number of Topliss-reactive ketones (excluding diaryl/α,β-unsaturated/α-hetero) is 1. The molecular formula is C22H22ClN3O. The minimum Gasteiger partial charge on any atom is -0.293 e. The summed E-state index contributed by atoms with van der Waals surface area (Å²) in [6.45, 7) is 6.06. The first-order valence-electron chi connectivity index (χ1n) is 9.20. The summed E-state index contributed by atoms with van der Waals surface area (Å²) in [6, 6.07) is 9.92. The number of rotatable bonds is 1. The molecule has 1 heterocycles. The molecule has 4 rings (SSSR count). The SMILES string of the molecule is Cn1nc2c(c1-c1ccc(Cl)cc1)CCC1C(C)(C)C(=O)C(C#N)=C[C@]21C. The van der Waals surface area contributed by atoms with E-state index in [9.17, 15) is 10.1 Å². The Morgan fingerprint density at radius 1 is 1.26 bits per heavy atom. The zero-order chi connectivity index (χ0) is 19.6. The molecule has 0 radical (unpaired) electrons. The van der Waals surface area contributed by atoms with Crippen LogP contribution in [0.3, 0.4) is 0 Å². The summed E-state index contributed by atoms with van der Waals surface area (Å²) in [5.74, 6) is 0.0693. The molecule has 0 fully saturated rings. The van der Waals surface area contributed by atoms with E-state index < -0.39 is 10.8 Å². The zero-order valence-electron chi connectivity index (χ0n) is 16.0. The molecule has 5 heteroatoms. The van der Waals surface area contributed by atoms with Crippen LogP contribution < -0.4 is 0 Å². The van der Waals surface area contributed by atoms with E-state index in [-0.39, 0.29) is 17.3 Å². The van der Waals surface area contributed by atoms with Crippen molar-refractivity contribution < 1.29 is 4.79 Å². The molecule has 2 aromatic rings. The third-order valence-electron chi connectivity index (χ3n) is 6.45. The number of nitrogens with zero attached hydrogens (tertiary/aromatic N) is 3. The van der Waals surface area contributed by atoms with Crippen LogP contribution in [-0.2, 0) is 23.7 Å². The Morgan fingerprint density at radius 2 is 1.93 bits per heavy atom. The van der Waals surface area contributed by atoms with Crippen molar-refractivity contribution in [3.63, 3.8) is 0 Å². The molecule has 4 nitrogen and oxygen atoms in total. The fraction of sp³-hybridized carbons (Fsp3) is 0.409. The van der Waals surface area contributed by atoms with Gasteiger partial charge in [-0.15, -0.1) is 0 Å². The number of hydrogen-bond donors (Lipinski definition) is 0. The first kappa shape index (κ1) is 18.0. The summed E-state index contributed by atoms with van der Waals surface area (Å²) in [5, 5.41) is 15.1. The van der Waals surface area contributed by atoms with Crippen molar-refractivity contribution >= 4 is 17.4 Å². The Bertz CT molecular complexity index is 1020. The van der Waals surface area contributed by atoms with Gasteiger partial charge in [0.25, 0.3) is 0 Å². The molecule has 1 unspecified atom stereocenters. The lowest BCUT2D eigenvalue weighted by molar-refractivity contribution is -0.128. The zero-order valence-corrected chi connectivity index (χ0v) is 16.8. The number of ketones is 1. The molecule has 0 N–H and O–H groups in total. The smallest absolute Gasteiger partial charge is 0.178 e. The molecule has 0 saturated carbocycles. The topological polar surface area (TPSA) is 58.7 Å². The van der Waals surface area contributed by atoms with Crippen molar-refractivity contribution in [1.82, 2.24) is 9.78 Å². The van der Waals surface area contributed by atoms with Gasteiger partial charge < -0.3 is 0 Å². The van der Waals surface area contributed by atoms with Crippen LogP contribution in [0, 0.1) is 22.7 Å². The van der Waals surface area contributed by atoms with Gasteiger partial charge in [0.05, 0.1) is 17.0 Å². The van der Waals surface area contributed by atoms with E-state index >= 15 is 0 Å². The van der Waals surface area contributed by atoms with E-state index in [2.05, 4.69) is 13.0 Å². The molecule has 27 heavy (non-hydrogen) atoms. The summed E-state index contributed by atoms with van der Waals surface area (Å²) >= 11 is 6.05. The molecule has 0 amide bonds. The normalized spacial score (nSPS) is 26.0. The maximum atomic E-state index is 12.8. The Balaban J connectivity index is 1.95. The summed E-state index contributed by atoms with van der Waals surface area (Å²) in [4.78, 5) is 12.8. The number of allylic oxidation sites excluding steroid dienone is 2. The Labute approximate surface area is 164 Å². The van der Waals surface area contributed by atoms with Gasteiger partial charge in [0.15, 0.2) is 5.78 Å². The van der Waals surface area contributed by atoms with Gasteiger partial charge >= 0.3 is 0 Å². The second kappa shape index (κ2) is 5.81. The molecule has 0 spiro atoms. The Hall–Kier alpha value is -2.38. The van der Waals surface area contributed by atoms with Gasteiger partial charge in [-0.25, -0.2) is 0 Å². The van der Waals surface area contributed by atoms with E-state index in [0.29, 0.717) is 5.02 Å². The lowest BCUT2D eigenvalue weighted by Gasteiger charge is -2.49. The highest BCUT2D eigenvalue weighted by Gasteiger charge is 2.55. The standard InChI is InChI=1S/C22H22ClN3O/c1-21(2)17-10-9-16-18(13-5-7-15(23)8-6-13)26(4)25-19(16)22(17,3)11-14(12-24)20(21)27/h5-8,11,17H,9-10H2,1-4H3/t17?,22-/m0/s1. The van der Waals surface area contributed by atoms with Crippen LogP contribution in [0.15, 0.2) is 35.9 Å². The largest absolute Gasteiger partial charge is 0.293 e. The number of carbonyl (C=O) groups is 1. The van der Waals surface area contributed by atoms with Crippen LogP contribution >= 0.6 is 11.6 Å². The van der Waals surface area contributed by atoms with Gasteiger partial charge in [0.1, 0.15) is 6.07 Å². The first-order chi connectivity index (χ1) is 12.7. The van der Waals surface area contributed by atoms with Gasteiger partial charge in [-0.3, -0.25) is 9.48 Å². The molecule has 0 bridgehead atoms. The highest BCUT2D eigenvalue weighted by Crippen LogP contribution is 2.55. The lowest BCUT2D eigenvalue weighted by Crippen LogP contribution is -2.51. The van der Waals surface area contributed by atoms with E-state index in [1.54, 1.807) is 0 Å². The van der Waals surface area contributed by atoms with E-state index in [0.717, 1.165) is 29.8 Å². The van der Waals surface area contributed by atoms with E-state index in [1.165, 1.54) is 5.56 Å². The molecule has 2 atom stereocenters. The van der Waals surface area contributed by atoms with Crippen LogP contribution in [0.5, 0.6) is 0 Å². The van der Waals surface area contributed by atoms with Crippen molar-refractivity contribution in [2.75, 3.05) is 0 Å². The van der Waals surface area contributed by atoms with Gasteiger partial charge in [-0.2, -0.15) is 10.4 Å². The fourth-order valence-corrected chi connectivity index (χ4v) is 5.32. The first-order valence-corrected chi connectivity index (χ1v) is 9.58.